The molecule has 1 aliphatic heterocycles. The first-order valence-electron chi connectivity index (χ1n) is 11.4. The number of rotatable bonds is 10. The molecule has 1 aromatic heterocycles. The van der Waals surface area contributed by atoms with Gasteiger partial charge in [-0.25, -0.2) is 0 Å². The van der Waals surface area contributed by atoms with Crippen LogP contribution >= 0.6 is 0 Å². The van der Waals surface area contributed by atoms with E-state index in [1.54, 1.807) is 0 Å². The number of likely N-dealkylation sites (tertiary alicyclic amines) is 1. The molecular weight excluding hydrogens is 402 g/mol. The van der Waals surface area contributed by atoms with Crippen molar-refractivity contribution in [3.05, 3.63) is 78.1 Å². The van der Waals surface area contributed by atoms with Crippen LogP contribution in [-0.4, -0.2) is 51.7 Å². The molecule has 2 aromatic carbocycles. The number of aryl methyl sites for hydroxylation is 2. The fourth-order valence-corrected chi connectivity index (χ4v) is 4.15. The molecule has 1 N–H and O–H groups in total. The van der Waals surface area contributed by atoms with Crippen LogP contribution in [0.1, 0.15) is 30.4 Å². The Morgan fingerprint density at radius 2 is 1.81 bits per heavy atom. The number of nitrogens with zero attached hydrogens (tertiary/aromatic N) is 3. The first-order chi connectivity index (χ1) is 15.6. The van der Waals surface area contributed by atoms with Crippen molar-refractivity contribution in [2.75, 3.05) is 26.3 Å². The Kier molecular flexibility index (Phi) is 7.45. The van der Waals surface area contributed by atoms with E-state index in [0.717, 1.165) is 50.4 Å². The average molecular weight is 436 g/mol. The smallest absolute Gasteiger partial charge is 0.119 e. The molecule has 1 fully saturated rings. The van der Waals surface area contributed by atoms with Crippen molar-refractivity contribution in [1.29, 1.82) is 0 Å². The predicted octanol–water partition coefficient (Wildman–Crippen LogP) is 4.07. The number of aromatic nitrogens is 2. The standard InChI is InChI=1S/C26H33N3O3/c1-22-17-27-29(18-22)15-6-16-31-25-11-9-23(10-12-25)19-28-14-5-13-26(30,20-28)21-32-24-7-3-2-4-8-24/h2-4,7-12,17-18,30H,5-6,13-16,19-21H2,1H3/t26-/m0/s1. The van der Waals surface area contributed by atoms with Gasteiger partial charge in [-0.2, -0.15) is 5.10 Å². The van der Waals surface area contributed by atoms with Gasteiger partial charge in [0.2, 0.25) is 0 Å². The van der Waals surface area contributed by atoms with Gasteiger partial charge in [-0.15, -0.1) is 0 Å². The van der Waals surface area contributed by atoms with Gasteiger partial charge in [-0.05, 0) is 61.7 Å². The van der Waals surface area contributed by atoms with Crippen LogP contribution in [0.4, 0.5) is 0 Å². The van der Waals surface area contributed by atoms with Crippen molar-refractivity contribution in [3.63, 3.8) is 0 Å². The summed E-state index contributed by atoms with van der Waals surface area (Å²) >= 11 is 0. The summed E-state index contributed by atoms with van der Waals surface area (Å²) in [4.78, 5) is 2.31. The summed E-state index contributed by atoms with van der Waals surface area (Å²) in [5.74, 6) is 1.69. The zero-order chi connectivity index (χ0) is 22.2. The highest BCUT2D eigenvalue weighted by molar-refractivity contribution is 5.27. The number of para-hydroxylation sites is 1. The van der Waals surface area contributed by atoms with E-state index in [9.17, 15) is 5.11 Å². The maximum absolute atomic E-state index is 11.0. The van der Waals surface area contributed by atoms with Gasteiger partial charge in [0.25, 0.3) is 0 Å². The Morgan fingerprint density at radius 3 is 2.56 bits per heavy atom. The summed E-state index contributed by atoms with van der Waals surface area (Å²) in [6, 6.07) is 18.0. The van der Waals surface area contributed by atoms with Gasteiger partial charge in [0.1, 0.15) is 23.7 Å². The van der Waals surface area contributed by atoms with Crippen LogP contribution in [0.15, 0.2) is 67.0 Å². The molecule has 2 heterocycles. The summed E-state index contributed by atoms with van der Waals surface area (Å²) < 4.78 is 13.7. The molecule has 32 heavy (non-hydrogen) atoms. The zero-order valence-corrected chi connectivity index (χ0v) is 18.8. The summed E-state index contributed by atoms with van der Waals surface area (Å²) in [5, 5.41) is 15.3. The quantitative estimate of drug-likeness (QED) is 0.487. The van der Waals surface area contributed by atoms with Gasteiger partial charge in [-0.1, -0.05) is 30.3 Å². The molecule has 0 radical (unpaired) electrons. The van der Waals surface area contributed by atoms with Crippen LogP contribution in [-0.2, 0) is 13.1 Å². The minimum absolute atomic E-state index is 0.318. The molecular formula is C26H33N3O3. The van der Waals surface area contributed by atoms with Crippen molar-refractivity contribution >= 4 is 0 Å². The zero-order valence-electron chi connectivity index (χ0n) is 18.8. The Balaban J connectivity index is 1.21. The molecule has 6 nitrogen and oxygen atoms in total. The van der Waals surface area contributed by atoms with Crippen LogP contribution in [0, 0.1) is 6.92 Å². The molecule has 3 aromatic rings. The van der Waals surface area contributed by atoms with Gasteiger partial charge in [0.15, 0.2) is 0 Å². The summed E-state index contributed by atoms with van der Waals surface area (Å²) in [5.41, 5.74) is 1.58. The molecule has 1 saturated heterocycles. The molecule has 0 spiro atoms. The van der Waals surface area contributed by atoms with E-state index in [4.69, 9.17) is 9.47 Å². The average Bonchev–Trinajstić information content (AvgIpc) is 3.22. The van der Waals surface area contributed by atoms with Crippen LogP contribution < -0.4 is 9.47 Å². The summed E-state index contributed by atoms with van der Waals surface area (Å²) in [7, 11) is 0. The first-order valence-corrected chi connectivity index (χ1v) is 11.4. The minimum Gasteiger partial charge on any atom is -0.494 e. The third kappa shape index (κ3) is 6.58. The number of hydrogen-bond acceptors (Lipinski definition) is 5. The molecule has 0 amide bonds. The highest BCUT2D eigenvalue weighted by Gasteiger charge is 2.34. The lowest BCUT2D eigenvalue weighted by Crippen LogP contribution is -2.51. The molecule has 1 atom stereocenters. The van der Waals surface area contributed by atoms with Crippen LogP contribution in [0.5, 0.6) is 11.5 Å². The lowest BCUT2D eigenvalue weighted by molar-refractivity contribution is -0.0621. The molecule has 0 bridgehead atoms. The highest BCUT2D eigenvalue weighted by atomic mass is 16.5. The lowest BCUT2D eigenvalue weighted by atomic mass is 9.93. The van der Waals surface area contributed by atoms with E-state index < -0.39 is 5.60 Å². The summed E-state index contributed by atoms with van der Waals surface area (Å²) in [6.07, 6.45) is 6.57. The number of aliphatic hydroxyl groups is 1. The van der Waals surface area contributed by atoms with E-state index in [2.05, 4.69) is 22.1 Å². The Hall–Kier alpha value is -2.83. The number of piperidine rings is 1. The fraction of sp³-hybridized carbons (Fsp3) is 0.423. The number of ether oxygens (including phenoxy) is 2. The van der Waals surface area contributed by atoms with Crippen LogP contribution in [0.2, 0.25) is 0 Å². The van der Waals surface area contributed by atoms with Crippen molar-refractivity contribution in [2.45, 2.75) is 44.9 Å². The third-order valence-corrected chi connectivity index (χ3v) is 5.78. The molecule has 170 valence electrons. The number of hydrogen-bond donors (Lipinski definition) is 1. The normalized spacial score (nSPS) is 19.1. The van der Waals surface area contributed by atoms with Crippen molar-refractivity contribution < 1.29 is 14.6 Å². The van der Waals surface area contributed by atoms with Gasteiger partial charge >= 0.3 is 0 Å². The van der Waals surface area contributed by atoms with Crippen molar-refractivity contribution in [1.82, 2.24) is 14.7 Å². The van der Waals surface area contributed by atoms with E-state index in [-0.39, 0.29) is 0 Å². The SMILES string of the molecule is Cc1cnn(CCCOc2ccc(CN3CCC[C@@](O)(COc4ccccc4)C3)cc2)c1. The second-order valence-electron chi connectivity index (χ2n) is 8.77. The van der Waals surface area contributed by atoms with E-state index in [1.165, 1.54) is 11.1 Å². The molecule has 4 rings (SSSR count). The monoisotopic (exact) mass is 435 g/mol. The minimum atomic E-state index is -0.815. The molecule has 0 aliphatic carbocycles. The Morgan fingerprint density at radius 1 is 1.03 bits per heavy atom. The van der Waals surface area contributed by atoms with Gasteiger partial charge < -0.3 is 14.6 Å². The van der Waals surface area contributed by atoms with Crippen molar-refractivity contribution in [2.24, 2.45) is 0 Å². The molecule has 0 saturated carbocycles. The maximum Gasteiger partial charge on any atom is 0.119 e. The summed E-state index contributed by atoms with van der Waals surface area (Å²) in [6.45, 7) is 6.30. The molecule has 6 heteroatoms. The second kappa shape index (κ2) is 10.7. The predicted molar refractivity (Wildman–Crippen MR) is 125 cm³/mol. The lowest BCUT2D eigenvalue weighted by Gasteiger charge is -2.39. The largest absolute Gasteiger partial charge is 0.494 e. The topological polar surface area (TPSA) is 59.8 Å². The second-order valence-corrected chi connectivity index (χ2v) is 8.77. The van der Waals surface area contributed by atoms with Crippen molar-refractivity contribution in [3.8, 4) is 11.5 Å². The van der Waals surface area contributed by atoms with Crippen LogP contribution in [0.25, 0.3) is 0 Å². The third-order valence-electron chi connectivity index (χ3n) is 5.78. The van der Waals surface area contributed by atoms with Gasteiger partial charge in [0, 0.05) is 32.3 Å². The van der Waals surface area contributed by atoms with Gasteiger partial charge in [0.05, 0.1) is 12.8 Å². The Labute approximate surface area is 190 Å². The maximum atomic E-state index is 11.0. The Bertz CT molecular complexity index is 958. The fourth-order valence-electron chi connectivity index (χ4n) is 4.15. The van der Waals surface area contributed by atoms with E-state index >= 15 is 0 Å². The van der Waals surface area contributed by atoms with E-state index in [0.29, 0.717) is 19.8 Å². The van der Waals surface area contributed by atoms with Gasteiger partial charge in [-0.3, -0.25) is 9.58 Å². The molecule has 1 aliphatic rings. The number of β-amino-alcohol motifs (C(OH)–C–C–N with tert-alkyl or cyclic N) is 1. The number of benzene rings is 2. The van der Waals surface area contributed by atoms with Crippen LogP contribution in [0.3, 0.4) is 0 Å². The first kappa shape index (κ1) is 22.4. The van der Waals surface area contributed by atoms with E-state index in [1.807, 2.05) is 66.5 Å². The highest BCUT2D eigenvalue weighted by Crippen LogP contribution is 2.24. The molecule has 0 unspecified atom stereocenters.